The van der Waals surface area contributed by atoms with Gasteiger partial charge in [0, 0.05) is 6.54 Å². The standard InChI is InChI=1S/C14H24N2O3S/c1-4-6-16(9-11(17)19-5-2)13(18)14(12(15)20)7-10(3)8-14/h10H,4-9H2,1-3H3,(H2,15,20). The smallest absolute Gasteiger partial charge is 0.325 e. The van der Waals surface area contributed by atoms with Crippen LogP contribution in [-0.4, -0.2) is 41.5 Å². The minimum absolute atomic E-state index is 0.0285. The molecule has 1 aliphatic carbocycles. The molecule has 0 atom stereocenters. The predicted octanol–water partition coefficient (Wildman–Crippen LogP) is 1.49. The Kier molecular flexibility index (Phi) is 5.92. The highest BCUT2D eigenvalue weighted by Crippen LogP contribution is 2.47. The molecule has 1 saturated carbocycles. The Hall–Kier alpha value is -1.17. The van der Waals surface area contributed by atoms with Crippen molar-refractivity contribution in [3.8, 4) is 0 Å². The zero-order valence-electron chi connectivity index (χ0n) is 12.5. The molecule has 0 aliphatic heterocycles. The van der Waals surface area contributed by atoms with Gasteiger partial charge < -0.3 is 15.4 Å². The molecule has 0 aromatic carbocycles. The maximum atomic E-state index is 12.7. The largest absolute Gasteiger partial charge is 0.465 e. The van der Waals surface area contributed by atoms with Crippen molar-refractivity contribution in [2.45, 2.75) is 40.0 Å². The van der Waals surface area contributed by atoms with Gasteiger partial charge in [0.15, 0.2) is 0 Å². The van der Waals surface area contributed by atoms with Crippen molar-refractivity contribution in [3.63, 3.8) is 0 Å². The van der Waals surface area contributed by atoms with Crippen LogP contribution in [0, 0.1) is 11.3 Å². The Morgan fingerprint density at radius 1 is 1.40 bits per heavy atom. The molecule has 0 saturated heterocycles. The van der Waals surface area contributed by atoms with Crippen LogP contribution in [0.1, 0.15) is 40.0 Å². The van der Waals surface area contributed by atoms with E-state index in [1.54, 1.807) is 6.92 Å². The molecule has 0 aromatic heterocycles. The van der Waals surface area contributed by atoms with E-state index in [0.29, 0.717) is 31.9 Å². The molecule has 1 amide bonds. The topological polar surface area (TPSA) is 72.6 Å². The van der Waals surface area contributed by atoms with E-state index in [1.165, 1.54) is 4.90 Å². The van der Waals surface area contributed by atoms with Gasteiger partial charge in [0.25, 0.3) is 0 Å². The number of nitrogens with zero attached hydrogens (tertiary/aromatic N) is 1. The zero-order chi connectivity index (χ0) is 15.3. The van der Waals surface area contributed by atoms with Crippen molar-refractivity contribution >= 4 is 29.1 Å². The van der Waals surface area contributed by atoms with Crippen LogP contribution >= 0.6 is 12.2 Å². The van der Waals surface area contributed by atoms with E-state index in [4.69, 9.17) is 22.7 Å². The van der Waals surface area contributed by atoms with E-state index in [0.717, 1.165) is 6.42 Å². The van der Waals surface area contributed by atoms with Crippen molar-refractivity contribution in [1.29, 1.82) is 0 Å². The summed E-state index contributed by atoms with van der Waals surface area (Å²) in [6.07, 6.45) is 2.11. The van der Waals surface area contributed by atoms with Crippen LogP contribution in [0.2, 0.25) is 0 Å². The molecule has 0 heterocycles. The second kappa shape index (κ2) is 7.02. The van der Waals surface area contributed by atoms with E-state index < -0.39 is 5.41 Å². The number of hydrogen-bond donors (Lipinski definition) is 1. The Morgan fingerprint density at radius 3 is 2.40 bits per heavy atom. The fourth-order valence-corrected chi connectivity index (χ4v) is 3.05. The highest BCUT2D eigenvalue weighted by molar-refractivity contribution is 7.80. The lowest BCUT2D eigenvalue weighted by atomic mass is 9.61. The first-order chi connectivity index (χ1) is 9.37. The van der Waals surface area contributed by atoms with Gasteiger partial charge in [0.2, 0.25) is 5.91 Å². The van der Waals surface area contributed by atoms with Gasteiger partial charge in [0.1, 0.15) is 6.54 Å². The SMILES string of the molecule is CCCN(CC(=O)OCC)C(=O)C1(C(N)=S)CC(C)C1. The molecule has 0 spiro atoms. The predicted molar refractivity (Wildman–Crippen MR) is 81.1 cm³/mol. The van der Waals surface area contributed by atoms with Gasteiger partial charge in [-0.2, -0.15) is 0 Å². The lowest BCUT2D eigenvalue weighted by molar-refractivity contribution is -0.154. The number of rotatable bonds is 7. The van der Waals surface area contributed by atoms with Crippen LogP contribution in [0.25, 0.3) is 0 Å². The monoisotopic (exact) mass is 300 g/mol. The number of thiocarbonyl (C=S) groups is 1. The number of amides is 1. The third kappa shape index (κ3) is 3.48. The summed E-state index contributed by atoms with van der Waals surface area (Å²) in [4.78, 5) is 26.1. The molecule has 0 radical (unpaired) electrons. The van der Waals surface area contributed by atoms with Gasteiger partial charge in [-0.05, 0) is 32.1 Å². The normalized spacial score (nSPS) is 24.6. The molecule has 0 aromatic rings. The number of ether oxygens (including phenoxy) is 1. The lowest BCUT2D eigenvalue weighted by Crippen LogP contribution is -2.57. The van der Waals surface area contributed by atoms with Crippen LogP contribution in [0.3, 0.4) is 0 Å². The van der Waals surface area contributed by atoms with Gasteiger partial charge in [-0.1, -0.05) is 26.1 Å². The van der Waals surface area contributed by atoms with Crippen molar-refractivity contribution in [3.05, 3.63) is 0 Å². The maximum Gasteiger partial charge on any atom is 0.325 e. The quantitative estimate of drug-likeness (QED) is 0.569. The summed E-state index contributed by atoms with van der Waals surface area (Å²) in [5.41, 5.74) is 5.03. The molecule has 2 N–H and O–H groups in total. The molecular weight excluding hydrogens is 276 g/mol. The molecule has 1 rings (SSSR count). The van der Waals surface area contributed by atoms with E-state index in [-0.39, 0.29) is 23.4 Å². The third-order valence-corrected chi connectivity index (χ3v) is 4.07. The summed E-state index contributed by atoms with van der Waals surface area (Å²) in [5.74, 6) is -0.0794. The molecular formula is C14H24N2O3S. The minimum Gasteiger partial charge on any atom is -0.465 e. The summed E-state index contributed by atoms with van der Waals surface area (Å²) in [7, 11) is 0. The van der Waals surface area contributed by atoms with E-state index in [1.807, 2.05) is 6.92 Å². The number of carbonyl (C=O) groups is 2. The van der Waals surface area contributed by atoms with Crippen molar-refractivity contribution < 1.29 is 14.3 Å². The molecule has 6 heteroatoms. The first-order valence-electron chi connectivity index (χ1n) is 7.12. The Balaban J connectivity index is 2.82. The van der Waals surface area contributed by atoms with Crippen molar-refractivity contribution in [2.24, 2.45) is 17.1 Å². The maximum absolute atomic E-state index is 12.7. The van der Waals surface area contributed by atoms with Gasteiger partial charge in [-0.15, -0.1) is 0 Å². The van der Waals surface area contributed by atoms with E-state index in [9.17, 15) is 9.59 Å². The number of hydrogen-bond acceptors (Lipinski definition) is 4. The summed E-state index contributed by atoms with van der Waals surface area (Å²) >= 11 is 5.09. The minimum atomic E-state index is -0.754. The fourth-order valence-electron chi connectivity index (χ4n) is 2.80. The molecule has 0 unspecified atom stereocenters. The van der Waals surface area contributed by atoms with Crippen molar-refractivity contribution in [1.82, 2.24) is 4.90 Å². The Labute approximate surface area is 125 Å². The van der Waals surface area contributed by atoms with Gasteiger partial charge in [-0.3, -0.25) is 9.59 Å². The zero-order valence-corrected chi connectivity index (χ0v) is 13.3. The van der Waals surface area contributed by atoms with Crippen molar-refractivity contribution in [2.75, 3.05) is 19.7 Å². The summed E-state index contributed by atoms with van der Waals surface area (Å²) < 4.78 is 4.92. The number of esters is 1. The van der Waals surface area contributed by atoms with Crippen LogP contribution in [0.4, 0.5) is 0 Å². The van der Waals surface area contributed by atoms with Crippen LogP contribution in [-0.2, 0) is 14.3 Å². The van der Waals surface area contributed by atoms with E-state index in [2.05, 4.69) is 6.92 Å². The van der Waals surface area contributed by atoms with Gasteiger partial charge in [0.05, 0.1) is 17.0 Å². The molecule has 1 fully saturated rings. The molecule has 114 valence electrons. The average molecular weight is 300 g/mol. The van der Waals surface area contributed by atoms with Crippen LogP contribution in [0.15, 0.2) is 0 Å². The second-order valence-electron chi connectivity index (χ2n) is 5.49. The third-order valence-electron chi connectivity index (χ3n) is 3.68. The van der Waals surface area contributed by atoms with Gasteiger partial charge in [-0.25, -0.2) is 0 Å². The highest BCUT2D eigenvalue weighted by Gasteiger charge is 2.52. The van der Waals surface area contributed by atoms with Crippen LogP contribution < -0.4 is 5.73 Å². The molecule has 0 bridgehead atoms. The summed E-state index contributed by atoms with van der Waals surface area (Å²) in [6, 6.07) is 0. The second-order valence-corrected chi connectivity index (χ2v) is 5.93. The highest BCUT2D eigenvalue weighted by atomic mass is 32.1. The summed E-state index contributed by atoms with van der Waals surface area (Å²) in [6.45, 7) is 6.57. The molecule has 1 aliphatic rings. The fraction of sp³-hybridized carbons (Fsp3) is 0.786. The summed E-state index contributed by atoms with van der Waals surface area (Å²) in [5, 5.41) is 0. The first kappa shape index (κ1) is 16.9. The Bertz CT molecular complexity index is 392. The Morgan fingerprint density at radius 2 is 2.00 bits per heavy atom. The first-order valence-corrected chi connectivity index (χ1v) is 7.53. The molecule has 20 heavy (non-hydrogen) atoms. The van der Waals surface area contributed by atoms with Crippen LogP contribution in [0.5, 0.6) is 0 Å². The number of carbonyl (C=O) groups excluding carboxylic acids is 2. The average Bonchev–Trinajstić information content (AvgIpc) is 2.33. The number of nitrogens with two attached hydrogens (primary N) is 1. The van der Waals surface area contributed by atoms with Gasteiger partial charge >= 0.3 is 5.97 Å². The van der Waals surface area contributed by atoms with E-state index >= 15 is 0 Å². The molecule has 5 nitrogen and oxygen atoms in total. The lowest BCUT2D eigenvalue weighted by Gasteiger charge is -2.46.